The zero-order valence-corrected chi connectivity index (χ0v) is 12.3. The zero-order chi connectivity index (χ0) is 15.5. The number of carbonyl (C=O) groups excluding carboxylic acids is 1. The van der Waals surface area contributed by atoms with E-state index in [0.717, 1.165) is 16.5 Å². The van der Waals surface area contributed by atoms with Crippen LogP contribution in [0.25, 0.3) is 22.2 Å². The molecule has 0 fully saturated rings. The molecule has 0 unspecified atom stereocenters. The normalized spacial score (nSPS) is 10.6. The largest absolute Gasteiger partial charge is 0.496 e. The quantitative estimate of drug-likeness (QED) is 0.749. The lowest BCUT2D eigenvalue weighted by Gasteiger charge is -2.08. The van der Waals surface area contributed by atoms with Crippen molar-refractivity contribution in [2.75, 3.05) is 13.7 Å². The van der Waals surface area contributed by atoms with Crippen LogP contribution in [0.3, 0.4) is 0 Å². The first-order valence-corrected chi connectivity index (χ1v) is 6.87. The molecule has 3 heterocycles. The molecule has 0 aliphatic rings. The average Bonchev–Trinajstić information content (AvgIpc) is 2.99. The second-order valence-electron chi connectivity index (χ2n) is 4.60. The highest BCUT2D eigenvalue weighted by Crippen LogP contribution is 2.33. The number of H-pyrrole nitrogens is 1. The zero-order valence-electron chi connectivity index (χ0n) is 12.3. The number of hydrogen-bond donors (Lipinski definition) is 1. The fourth-order valence-corrected chi connectivity index (χ4v) is 2.34. The van der Waals surface area contributed by atoms with Crippen molar-refractivity contribution in [1.82, 2.24) is 15.0 Å². The lowest BCUT2D eigenvalue weighted by Crippen LogP contribution is -2.04. The molecular weight excluding hydrogens is 282 g/mol. The molecule has 0 saturated carbocycles. The minimum absolute atomic E-state index is 0.324. The van der Waals surface area contributed by atoms with Gasteiger partial charge in [0.2, 0.25) is 0 Å². The number of fused-ring (bicyclic) bond motifs is 1. The van der Waals surface area contributed by atoms with E-state index in [2.05, 4.69) is 15.0 Å². The Morgan fingerprint density at radius 1 is 1.27 bits per heavy atom. The van der Waals surface area contributed by atoms with Gasteiger partial charge >= 0.3 is 5.97 Å². The van der Waals surface area contributed by atoms with Gasteiger partial charge in [0.15, 0.2) is 0 Å². The molecule has 0 atom stereocenters. The summed E-state index contributed by atoms with van der Waals surface area (Å²) in [5, 5.41) is 0.817. The van der Waals surface area contributed by atoms with Crippen LogP contribution in [-0.2, 0) is 4.74 Å². The van der Waals surface area contributed by atoms with Gasteiger partial charge in [0.25, 0.3) is 0 Å². The highest BCUT2D eigenvalue weighted by atomic mass is 16.5. The Kier molecular flexibility index (Phi) is 3.74. The Bertz CT molecular complexity index is 826. The molecule has 3 aromatic rings. The minimum atomic E-state index is -0.399. The lowest BCUT2D eigenvalue weighted by atomic mass is 10.0. The van der Waals surface area contributed by atoms with E-state index in [4.69, 9.17) is 9.47 Å². The van der Waals surface area contributed by atoms with E-state index >= 15 is 0 Å². The number of hydrogen-bond acceptors (Lipinski definition) is 5. The van der Waals surface area contributed by atoms with Crippen molar-refractivity contribution in [2.45, 2.75) is 6.92 Å². The van der Waals surface area contributed by atoms with E-state index in [9.17, 15) is 4.79 Å². The number of pyridine rings is 2. The number of nitrogens with one attached hydrogen (secondary N) is 1. The van der Waals surface area contributed by atoms with Gasteiger partial charge in [0.05, 0.1) is 13.7 Å². The van der Waals surface area contributed by atoms with E-state index in [1.54, 1.807) is 44.8 Å². The van der Waals surface area contributed by atoms with Crippen molar-refractivity contribution < 1.29 is 14.3 Å². The monoisotopic (exact) mass is 297 g/mol. The van der Waals surface area contributed by atoms with E-state index in [-0.39, 0.29) is 0 Å². The molecule has 1 N–H and O–H groups in total. The molecule has 0 saturated heterocycles. The van der Waals surface area contributed by atoms with Gasteiger partial charge in [-0.25, -0.2) is 9.78 Å². The topological polar surface area (TPSA) is 77.1 Å². The number of nitrogens with zero attached hydrogens (tertiary/aromatic N) is 2. The second kappa shape index (κ2) is 5.85. The second-order valence-corrected chi connectivity index (χ2v) is 4.60. The summed E-state index contributed by atoms with van der Waals surface area (Å²) in [6.07, 6.45) is 5.07. The highest BCUT2D eigenvalue weighted by Gasteiger charge is 2.15. The summed E-state index contributed by atoms with van der Waals surface area (Å²) in [4.78, 5) is 23.3. The van der Waals surface area contributed by atoms with Gasteiger partial charge in [-0.3, -0.25) is 4.98 Å². The van der Waals surface area contributed by atoms with Crippen molar-refractivity contribution in [2.24, 2.45) is 0 Å². The Hall–Kier alpha value is -2.89. The smallest absolute Gasteiger partial charge is 0.354 e. The summed E-state index contributed by atoms with van der Waals surface area (Å²) in [6.45, 7) is 2.09. The fraction of sp³-hybridized carbons (Fsp3) is 0.188. The Morgan fingerprint density at radius 3 is 2.91 bits per heavy atom. The maximum Gasteiger partial charge on any atom is 0.354 e. The van der Waals surface area contributed by atoms with Crippen LogP contribution < -0.4 is 4.74 Å². The van der Waals surface area contributed by atoms with Gasteiger partial charge in [-0.2, -0.15) is 0 Å². The summed E-state index contributed by atoms with van der Waals surface area (Å²) < 4.78 is 10.4. The van der Waals surface area contributed by atoms with Crippen molar-refractivity contribution in [3.05, 3.63) is 42.5 Å². The molecule has 0 radical (unpaired) electrons. The van der Waals surface area contributed by atoms with Crippen LogP contribution in [0.15, 0.2) is 36.8 Å². The number of aromatic amines is 1. The standard InChI is InChI=1S/C16H15N3O3/c1-3-22-16(20)13-8-11-10(4-7-18-15(11)19-13)12-9-17-6-5-14(12)21-2/h4-9H,3H2,1-2H3,(H,18,19). The van der Waals surface area contributed by atoms with E-state index in [0.29, 0.717) is 23.7 Å². The first kappa shape index (κ1) is 14.1. The molecule has 0 amide bonds. The van der Waals surface area contributed by atoms with Gasteiger partial charge in [0.1, 0.15) is 17.1 Å². The molecule has 0 spiro atoms. The molecule has 0 aliphatic heterocycles. The van der Waals surface area contributed by atoms with Crippen LogP contribution in [0.2, 0.25) is 0 Å². The molecule has 112 valence electrons. The van der Waals surface area contributed by atoms with Crippen molar-refractivity contribution >= 4 is 17.0 Å². The summed E-state index contributed by atoms with van der Waals surface area (Å²) in [6, 6.07) is 5.40. The van der Waals surface area contributed by atoms with Gasteiger partial charge in [0, 0.05) is 29.5 Å². The van der Waals surface area contributed by atoms with Gasteiger partial charge < -0.3 is 14.5 Å². The number of rotatable bonds is 4. The van der Waals surface area contributed by atoms with Crippen LogP contribution in [0.4, 0.5) is 0 Å². The summed E-state index contributed by atoms with van der Waals surface area (Å²) in [5.41, 5.74) is 2.72. The van der Waals surface area contributed by atoms with Crippen molar-refractivity contribution in [3.63, 3.8) is 0 Å². The van der Waals surface area contributed by atoms with E-state index in [1.165, 1.54) is 0 Å². The fourth-order valence-electron chi connectivity index (χ4n) is 2.34. The SMILES string of the molecule is CCOC(=O)c1cc2c(-c3cnccc3OC)ccnc2[nH]1. The van der Waals surface area contributed by atoms with Gasteiger partial charge in [-0.1, -0.05) is 0 Å². The molecule has 0 aliphatic carbocycles. The predicted octanol–water partition coefficient (Wildman–Crippen LogP) is 2.81. The summed E-state index contributed by atoms with van der Waals surface area (Å²) in [7, 11) is 1.61. The molecule has 0 aromatic carbocycles. The van der Waals surface area contributed by atoms with Crippen molar-refractivity contribution in [3.8, 4) is 16.9 Å². The summed E-state index contributed by atoms with van der Waals surface area (Å²) in [5.74, 6) is 0.311. The number of methoxy groups -OCH3 is 1. The molecule has 6 nitrogen and oxygen atoms in total. The number of carbonyl (C=O) groups is 1. The third-order valence-electron chi connectivity index (χ3n) is 3.32. The minimum Gasteiger partial charge on any atom is -0.496 e. The molecule has 3 aromatic heterocycles. The maximum absolute atomic E-state index is 11.9. The Labute approximate surface area is 127 Å². The first-order chi connectivity index (χ1) is 10.7. The molecule has 22 heavy (non-hydrogen) atoms. The van der Waals surface area contributed by atoms with Gasteiger partial charge in [-0.15, -0.1) is 0 Å². The number of aromatic nitrogens is 3. The molecular formula is C16H15N3O3. The lowest BCUT2D eigenvalue weighted by molar-refractivity contribution is 0.0520. The summed E-state index contributed by atoms with van der Waals surface area (Å²) >= 11 is 0. The van der Waals surface area contributed by atoms with Crippen LogP contribution in [0.1, 0.15) is 17.4 Å². The van der Waals surface area contributed by atoms with E-state index < -0.39 is 5.97 Å². The van der Waals surface area contributed by atoms with Crippen LogP contribution in [-0.4, -0.2) is 34.6 Å². The number of esters is 1. The predicted molar refractivity (Wildman–Crippen MR) is 81.8 cm³/mol. The maximum atomic E-state index is 11.9. The molecule has 6 heteroatoms. The van der Waals surface area contributed by atoms with Gasteiger partial charge in [-0.05, 0) is 30.7 Å². The van der Waals surface area contributed by atoms with Crippen LogP contribution in [0.5, 0.6) is 5.75 Å². The first-order valence-electron chi connectivity index (χ1n) is 6.87. The van der Waals surface area contributed by atoms with E-state index in [1.807, 2.05) is 6.07 Å². The van der Waals surface area contributed by atoms with Crippen LogP contribution >= 0.6 is 0 Å². The van der Waals surface area contributed by atoms with Crippen molar-refractivity contribution in [1.29, 1.82) is 0 Å². The third kappa shape index (κ3) is 2.39. The third-order valence-corrected chi connectivity index (χ3v) is 3.32. The van der Waals surface area contributed by atoms with Crippen LogP contribution in [0, 0.1) is 0 Å². The molecule has 3 rings (SSSR count). The molecule has 0 bridgehead atoms. The Balaban J connectivity index is 2.16. The number of ether oxygens (including phenoxy) is 2. The average molecular weight is 297 g/mol. The highest BCUT2D eigenvalue weighted by molar-refractivity contribution is 6.00. The Morgan fingerprint density at radius 2 is 2.14 bits per heavy atom.